The summed E-state index contributed by atoms with van der Waals surface area (Å²) in [6.07, 6.45) is 10.3. The number of anilines is 1. The van der Waals surface area contributed by atoms with Gasteiger partial charge in [0.1, 0.15) is 11.6 Å². The second kappa shape index (κ2) is 6.85. The van der Waals surface area contributed by atoms with E-state index < -0.39 is 0 Å². The zero-order valence-electron chi connectivity index (χ0n) is 12.6. The van der Waals surface area contributed by atoms with E-state index in [1.807, 2.05) is 43.7 Å². The summed E-state index contributed by atoms with van der Waals surface area (Å²) >= 11 is 0. The molecular formula is C17H19N5. The van der Waals surface area contributed by atoms with Crippen molar-refractivity contribution in [3.8, 4) is 11.4 Å². The van der Waals surface area contributed by atoms with Crippen molar-refractivity contribution in [1.82, 2.24) is 19.5 Å². The maximum absolute atomic E-state index is 4.44. The van der Waals surface area contributed by atoms with E-state index in [4.69, 9.17) is 0 Å². The second-order valence-electron chi connectivity index (χ2n) is 5.18. The molecule has 0 bridgehead atoms. The highest BCUT2D eigenvalue weighted by Gasteiger charge is 2.04. The predicted molar refractivity (Wildman–Crippen MR) is 87.5 cm³/mol. The van der Waals surface area contributed by atoms with E-state index in [2.05, 4.69) is 30.9 Å². The number of aryl methyl sites for hydroxylation is 2. The van der Waals surface area contributed by atoms with Crippen LogP contribution in [0, 0.1) is 6.92 Å². The fourth-order valence-corrected chi connectivity index (χ4v) is 2.29. The number of imidazole rings is 1. The number of pyridine rings is 2. The van der Waals surface area contributed by atoms with Gasteiger partial charge in [0, 0.05) is 49.6 Å². The SMILES string of the molecule is Cc1ccc(NCCCn2ccnc2-c2ccncc2)nc1. The topological polar surface area (TPSA) is 55.6 Å². The van der Waals surface area contributed by atoms with Crippen molar-refractivity contribution in [2.45, 2.75) is 19.9 Å². The summed E-state index contributed by atoms with van der Waals surface area (Å²) in [6.45, 7) is 3.83. The summed E-state index contributed by atoms with van der Waals surface area (Å²) in [5.41, 5.74) is 2.26. The molecule has 0 aliphatic carbocycles. The van der Waals surface area contributed by atoms with E-state index in [1.165, 1.54) is 5.56 Å². The van der Waals surface area contributed by atoms with Crippen LogP contribution in [0.3, 0.4) is 0 Å². The first-order valence-corrected chi connectivity index (χ1v) is 7.41. The van der Waals surface area contributed by atoms with Gasteiger partial charge in [-0.2, -0.15) is 0 Å². The molecule has 3 heterocycles. The molecule has 0 fully saturated rings. The van der Waals surface area contributed by atoms with Gasteiger partial charge >= 0.3 is 0 Å². The number of hydrogen-bond acceptors (Lipinski definition) is 4. The molecule has 0 unspecified atom stereocenters. The molecular weight excluding hydrogens is 274 g/mol. The van der Waals surface area contributed by atoms with Crippen LogP contribution in [-0.4, -0.2) is 26.1 Å². The maximum Gasteiger partial charge on any atom is 0.139 e. The van der Waals surface area contributed by atoms with Gasteiger partial charge in [-0.05, 0) is 37.1 Å². The molecule has 5 nitrogen and oxygen atoms in total. The highest BCUT2D eigenvalue weighted by atomic mass is 15.1. The van der Waals surface area contributed by atoms with E-state index in [9.17, 15) is 0 Å². The summed E-state index contributed by atoms with van der Waals surface area (Å²) in [4.78, 5) is 12.8. The number of rotatable bonds is 6. The van der Waals surface area contributed by atoms with Crippen LogP contribution in [0.2, 0.25) is 0 Å². The van der Waals surface area contributed by atoms with Crippen molar-refractivity contribution >= 4 is 5.82 Å². The van der Waals surface area contributed by atoms with Crippen LogP contribution < -0.4 is 5.32 Å². The lowest BCUT2D eigenvalue weighted by molar-refractivity contribution is 0.666. The summed E-state index contributed by atoms with van der Waals surface area (Å²) in [6, 6.07) is 8.03. The number of aromatic nitrogens is 4. The van der Waals surface area contributed by atoms with Crippen molar-refractivity contribution in [1.29, 1.82) is 0 Å². The average molecular weight is 293 g/mol. The monoisotopic (exact) mass is 293 g/mol. The molecule has 3 aromatic heterocycles. The van der Waals surface area contributed by atoms with Crippen LogP contribution >= 0.6 is 0 Å². The Hall–Kier alpha value is -2.69. The Morgan fingerprint density at radius 3 is 2.68 bits per heavy atom. The molecule has 0 atom stereocenters. The zero-order chi connectivity index (χ0) is 15.2. The Bertz CT molecular complexity index is 703. The third kappa shape index (κ3) is 3.49. The molecule has 0 aliphatic heterocycles. The van der Waals surface area contributed by atoms with Gasteiger partial charge in [-0.25, -0.2) is 9.97 Å². The van der Waals surface area contributed by atoms with Crippen molar-refractivity contribution in [2.75, 3.05) is 11.9 Å². The van der Waals surface area contributed by atoms with Crippen molar-refractivity contribution < 1.29 is 0 Å². The molecule has 0 saturated heterocycles. The van der Waals surface area contributed by atoms with Crippen molar-refractivity contribution in [3.05, 3.63) is 60.8 Å². The van der Waals surface area contributed by atoms with Crippen molar-refractivity contribution in [3.63, 3.8) is 0 Å². The van der Waals surface area contributed by atoms with Gasteiger partial charge in [0.05, 0.1) is 0 Å². The number of nitrogens with zero attached hydrogens (tertiary/aromatic N) is 4. The molecule has 1 N–H and O–H groups in total. The van der Waals surface area contributed by atoms with E-state index in [0.717, 1.165) is 36.7 Å². The van der Waals surface area contributed by atoms with Crippen LogP contribution in [-0.2, 0) is 6.54 Å². The highest BCUT2D eigenvalue weighted by Crippen LogP contribution is 2.16. The fourth-order valence-electron chi connectivity index (χ4n) is 2.29. The van der Waals surface area contributed by atoms with E-state index >= 15 is 0 Å². The van der Waals surface area contributed by atoms with Gasteiger partial charge in [-0.3, -0.25) is 4.98 Å². The minimum atomic E-state index is 0.879. The minimum Gasteiger partial charge on any atom is -0.370 e. The number of nitrogens with one attached hydrogen (secondary N) is 1. The van der Waals surface area contributed by atoms with Crippen LogP contribution in [0.4, 0.5) is 5.82 Å². The third-order valence-electron chi connectivity index (χ3n) is 3.45. The van der Waals surface area contributed by atoms with Gasteiger partial charge in [0.15, 0.2) is 0 Å². The van der Waals surface area contributed by atoms with E-state index in [-0.39, 0.29) is 0 Å². The average Bonchev–Trinajstić information content (AvgIpc) is 3.02. The molecule has 22 heavy (non-hydrogen) atoms. The zero-order valence-corrected chi connectivity index (χ0v) is 12.6. The normalized spacial score (nSPS) is 10.6. The van der Waals surface area contributed by atoms with Gasteiger partial charge in [0.25, 0.3) is 0 Å². The highest BCUT2D eigenvalue weighted by molar-refractivity contribution is 5.54. The summed E-state index contributed by atoms with van der Waals surface area (Å²) in [7, 11) is 0. The standard InChI is InChI=1S/C17H19N5/c1-14-3-4-16(21-13-14)19-7-2-11-22-12-10-20-17(22)15-5-8-18-9-6-15/h3-6,8-10,12-13H,2,7,11H2,1H3,(H,19,21). The van der Waals surface area contributed by atoms with Crippen LogP contribution in [0.25, 0.3) is 11.4 Å². The lowest BCUT2D eigenvalue weighted by atomic mass is 10.2. The lowest BCUT2D eigenvalue weighted by Crippen LogP contribution is -2.08. The molecule has 0 saturated carbocycles. The molecule has 0 spiro atoms. The summed E-state index contributed by atoms with van der Waals surface area (Å²) in [5, 5.41) is 3.34. The van der Waals surface area contributed by atoms with Crippen molar-refractivity contribution in [2.24, 2.45) is 0 Å². The third-order valence-corrected chi connectivity index (χ3v) is 3.45. The number of hydrogen-bond donors (Lipinski definition) is 1. The lowest BCUT2D eigenvalue weighted by Gasteiger charge is -2.09. The predicted octanol–water partition coefficient (Wildman–Crippen LogP) is 3.15. The molecule has 0 amide bonds. The summed E-state index contributed by atoms with van der Waals surface area (Å²) in [5.74, 6) is 1.90. The Morgan fingerprint density at radius 1 is 1.05 bits per heavy atom. The van der Waals surface area contributed by atoms with E-state index in [0.29, 0.717) is 0 Å². The first kappa shape index (κ1) is 14.3. The first-order chi connectivity index (χ1) is 10.8. The van der Waals surface area contributed by atoms with Crippen LogP contribution in [0.1, 0.15) is 12.0 Å². The van der Waals surface area contributed by atoms with Gasteiger partial charge < -0.3 is 9.88 Å². The summed E-state index contributed by atoms with van der Waals surface area (Å²) < 4.78 is 2.17. The minimum absolute atomic E-state index is 0.879. The van der Waals surface area contributed by atoms with Gasteiger partial charge in [-0.15, -0.1) is 0 Å². The van der Waals surface area contributed by atoms with Gasteiger partial charge in [-0.1, -0.05) is 6.07 Å². The molecule has 3 rings (SSSR count). The molecule has 0 aliphatic rings. The molecule has 3 aromatic rings. The molecule has 0 radical (unpaired) electrons. The van der Waals surface area contributed by atoms with Crippen LogP contribution in [0.5, 0.6) is 0 Å². The smallest absolute Gasteiger partial charge is 0.139 e. The van der Waals surface area contributed by atoms with Gasteiger partial charge in [0.2, 0.25) is 0 Å². The molecule has 0 aromatic carbocycles. The maximum atomic E-state index is 4.44. The fraction of sp³-hybridized carbons (Fsp3) is 0.235. The van der Waals surface area contributed by atoms with E-state index in [1.54, 1.807) is 12.4 Å². The largest absolute Gasteiger partial charge is 0.370 e. The first-order valence-electron chi connectivity index (χ1n) is 7.41. The molecule has 5 heteroatoms. The Morgan fingerprint density at radius 2 is 1.91 bits per heavy atom. The molecule has 112 valence electrons. The Balaban J connectivity index is 1.54. The second-order valence-corrected chi connectivity index (χ2v) is 5.18. The quantitative estimate of drug-likeness (QED) is 0.709. The van der Waals surface area contributed by atoms with Crippen LogP contribution in [0.15, 0.2) is 55.2 Å². The Labute approximate surface area is 130 Å². The Kier molecular flexibility index (Phi) is 4.44.